The summed E-state index contributed by atoms with van der Waals surface area (Å²) in [5, 5.41) is 22.4. The van der Waals surface area contributed by atoms with Gasteiger partial charge in [-0.3, -0.25) is 10.1 Å². The van der Waals surface area contributed by atoms with Gasteiger partial charge in [0.1, 0.15) is 17.6 Å². The number of furan rings is 1. The van der Waals surface area contributed by atoms with Crippen LogP contribution < -0.4 is 5.32 Å². The molecule has 2 aromatic rings. The minimum atomic E-state index is -0.580. The van der Waals surface area contributed by atoms with Crippen LogP contribution >= 0.6 is 0 Å². The number of hydrogen-bond acceptors (Lipinski definition) is 6. The molecule has 0 spiro atoms. The largest absolute Gasteiger partial charge is 0.465 e. The molecule has 2 heterocycles. The number of anilines is 1. The molecule has 0 atom stereocenters. The number of nitrogens with one attached hydrogen (secondary N) is 1. The number of pyridine rings is 1. The summed E-state index contributed by atoms with van der Waals surface area (Å²) in [4.78, 5) is 14.2. The lowest BCUT2D eigenvalue weighted by molar-refractivity contribution is -0.384. The summed E-state index contributed by atoms with van der Waals surface area (Å²) in [7, 11) is 0. The Morgan fingerprint density at radius 1 is 1.58 bits per heavy atom. The first-order valence-electron chi connectivity index (χ1n) is 5.44. The number of nitriles is 1. The monoisotopic (exact) mass is 258 g/mol. The molecule has 2 aromatic heterocycles. The van der Waals surface area contributed by atoms with Crippen LogP contribution in [-0.4, -0.2) is 9.91 Å². The van der Waals surface area contributed by atoms with E-state index in [1.165, 1.54) is 12.3 Å². The molecule has 0 aromatic carbocycles. The predicted octanol–water partition coefficient (Wildman–Crippen LogP) is 2.38. The van der Waals surface area contributed by atoms with E-state index in [1.54, 1.807) is 12.1 Å². The lowest BCUT2D eigenvalue weighted by Gasteiger charge is -2.04. The van der Waals surface area contributed by atoms with Gasteiger partial charge >= 0.3 is 5.69 Å². The molecule has 0 unspecified atom stereocenters. The average molecular weight is 258 g/mol. The van der Waals surface area contributed by atoms with Crippen LogP contribution in [0.5, 0.6) is 0 Å². The summed E-state index contributed by atoms with van der Waals surface area (Å²) >= 11 is 0. The molecule has 7 heteroatoms. The highest BCUT2D eigenvalue weighted by molar-refractivity contribution is 5.58. The van der Waals surface area contributed by atoms with Crippen LogP contribution in [0.3, 0.4) is 0 Å². The van der Waals surface area contributed by atoms with Crippen molar-refractivity contribution >= 4 is 11.5 Å². The highest BCUT2D eigenvalue weighted by atomic mass is 16.6. The quantitative estimate of drug-likeness (QED) is 0.666. The fourth-order valence-corrected chi connectivity index (χ4v) is 1.54. The first-order chi connectivity index (χ1) is 9.10. The molecule has 96 valence electrons. The Morgan fingerprint density at radius 2 is 2.37 bits per heavy atom. The summed E-state index contributed by atoms with van der Waals surface area (Å²) in [5.41, 5.74) is -0.0894. The van der Waals surface area contributed by atoms with Gasteiger partial charge in [0.05, 0.1) is 17.0 Å². The molecule has 0 saturated carbocycles. The van der Waals surface area contributed by atoms with Gasteiger partial charge in [0, 0.05) is 12.3 Å². The van der Waals surface area contributed by atoms with Gasteiger partial charge in [-0.15, -0.1) is 0 Å². The van der Waals surface area contributed by atoms with Crippen molar-refractivity contribution in [1.82, 2.24) is 4.98 Å². The van der Waals surface area contributed by atoms with Crippen LogP contribution in [0.25, 0.3) is 0 Å². The summed E-state index contributed by atoms with van der Waals surface area (Å²) in [5.74, 6) is 1.52. The Morgan fingerprint density at radius 3 is 2.95 bits per heavy atom. The third-order valence-electron chi connectivity index (χ3n) is 2.42. The Bertz CT molecular complexity index is 657. The zero-order chi connectivity index (χ0) is 13.8. The Labute approximate surface area is 108 Å². The number of aromatic nitrogens is 1. The van der Waals surface area contributed by atoms with Gasteiger partial charge in [0.25, 0.3) is 0 Å². The van der Waals surface area contributed by atoms with E-state index < -0.39 is 4.92 Å². The molecule has 0 aliphatic rings. The topological polar surface area (TPSA) is 105 Å². The van der Waals surface area contributed by atoms with E-state index in [0.717, 1.165) is 5.76 Å². The van der Waals surface area contributed by atoms with Crippen molar-refractivity contribution in [2.24, 2.45) is 0 Å². The van der Waals surface area contributed by atoms with Crippen LogP contribution in [0.15, 0.2) is 28.8 Å². The molecule has 2 rings (SSSR count). The number of nitro groups is 1. The Kier molecular flexibility index (Phi) is 3.43. The van der Waals surface area contributed by atoms with Gasteiger partial charge in [-0.1, -0.05) is 0 Å². The Hall–Kier alpha value is -2.88. The van der Waals surface area contributed by atoms with Crippen LogP contribution in [0.2, 0.25) is 0 Å². The zero-order valence-electron chi connectivity index (χ0n) is 10.1. The second-order valence-corrected chi connectivity index (χ2v) is 3.83. The van der Waals surface area contributed by atoms with E-state index in [1.807, 2.05) is 13.0 Å². The molecule has 0 fully saturated rings. The first kappa shape index (κ1) is 12.6. The van der Waals surface area contributed by atoms with Gasteiger partial charge in [0.2, 0.25) is 5.82 Å². The third-order valence-corrected chi connectivity index (χ3v) is 2.42. The summed E-state index contributed by atoms with van der Waals surface area (Å²) in [6.45, 7) is 2.10. The molecular formula is C12H10N4O3. The van der Waals surface area contributed by atoms with Crippen LogP contribution in [0, 0.1) is 28.4 Å². The molecule has 0 radical (unpaired) electrons. The van der Waals surface area contributed by atoms with Crippen LogP contribution in [-0.2, 0) is 6.54 Å². The molecule has 0 aliphatic carbocycles. The van der Waals surface area contributed by atoms with E-state index in [9.17, 15) is 10.1 Å². The molecule has 0 aliphatic heterocycles. The van der Waals surface area contributed by atoms with E-state index in [2.05, 4.69) is 10.3 Å². The minimum absolute atomic E-state index is 0.109. The molecule has 0 amide bonds. The van der Waals surface area contributed by atoms with Gasteiger partial charge in [-0.25, -0.2) is 4.98 Å². The van der Waals surface area contributed by atoms with Gasteiger partial charge in [-0.05, 0) is 19.1 Å². The fraction of sp³-hybridized carbons (Fsp3) is 0.167. The lowest BCUT2D eigenvalue weighted by atomic mass is 10.2. The lowest BCUT2D eigenvalue weighted by Crippen LogP contribution is -2.04. The van der Waals surface area contributed by atoms with Crippen molar-refractivity contribution < 1.29 is 9.34 Å². The van der Waals surface area contributed by atoms with Crippen molar-refractivity contribution in [3.8, 4) is 6.07 Å². The fourth-order valence-electron chi connectivity index (χ4n) is 1.54. The van der Waals surface area contributed by atoms with Gasteiger partial charge in [-0.2, -0.15) is 5.26 Å². The maximum absolute atomic E-state index is 10.9. The van der Waals surface area contributed by atoms with E-state index in [0.29, 0.717) is 5.76 Å². The number of aryl methyl sites for hydroxylation is 1. The van der Waals surface area contributed by atoms with E-state index in [-0.39, 0.29) is 23.6 Å². The molecule has 7 nitrogen and oxygen atoms in total. The van der Waals surface area contributed by atoms with E-state index in [4.69, 9.17) is 9.68 Å². The molecular weight excluding hydrogens is 248 g/mol. The average Bonchev–Trinajstić information content (AvgIpc) is 2.82. The minimum Gasteiger partial charge on any atom is -0.465 e. The van der Waals surface area contributed by atoms with Crippen molar-refractivity contribution in [3.05, 3.63) is 51.6 Å². The maximum atomic E-state index is 10.9. The standard InChI is InChI=1S/C12H10N4O3/c1-8-2-3-10(19-8)7-15-12-11(16(17)18)4-9(5-13)6-14-12/h2-4,6H,7H2,1H3,(H,14,15). The maximum Gasteiger partial charge on any atom is 0.312 e. The second-order valence-electron chi connectivity index (χ2n) is 3.83. The SMILES string of the molecule is Cc1ccc(CNc2ncc(C#N)cc2[N+](=O)[O-])o1. The second kappa shape index (κ2) is 5.18. The smallest absolute Gasteiger partial charge is 0.312 e. The highest BCUT2D eigenvalue weighted by Crippen LogP contribution is 2.23. The Balaban J connectivity index is 2.20. The summed E-state index contributed by atoms with van der Waals surface area (Å²) in [6.07, 6.45) is 1.28. The van der Waals surface area contributed by atoms with Gasteiger partial charge in [0.15, 0.2) is 0 Å². The van der Waals surface area contributed by atoms with Crippen molar-refractivity contribution in [3.63, 3.8) is 0 Å². The summed E-state index contributed by atoms with van der Waals surface area (Å²) in [6, 6.07) is 6.58. The van der Waals surface area contributed by atoms with E-state index >= 15 is 0 Å². The van der Waals surface area contributed by atoms with Crippen LogP contribution in [0.1, 0.15) is 17.1 Å². The van der Waals surface area contributed by atoms with Crippen molar-refractivity contribution in [1.29, 1.82) is 5.26 Å². The molecule has 0 bridgehead atoms. The first-order valence-corrected chi connectivity index (χ1v) is 5.44. The summed E-state index contributed by atoms with van der Waals surface area (Å²) < 4.78 is 5.34. The molecule has 0 saturated heterocycles. The normalized spacial score (nSPS) is 9.89. The molecule has 19 heavy (non-hydrogen) atoms. The number of nitrogens with zero attached hydrogens (tertiary/aromatic N) is 3. The predicted molar refractivity (Wildman–Crippen MR) is 66.4 cm³/mol. The van der Waals surface area contributed by atoms with Gasteiger partial charge < -0.3 is 9.73 Å². The third kappa shape index (κ3) is 2.87. The molecule has 1 N–H and O–H groups in total. The number of hydrogen-bond donors (Lipinski definition) is 1. The number of rotatable bonds is 4. The van der Waals surface area contributed by atoms with Crippen molar-refractivity contribution in [2.75, 3.05) is 5.32 Å². The highest BCUT2D eigenvalue weighted by Gasteiger charge is 2.16. The zero-order valence-corrected chi connectivity index (χ0v) is 10.1. The van der Waals surface area contributed by atoms with Crippen LogP contribution in [0.4, 0.5) is 11.5 Å². The van der Waals surface area contributed by atoms with Crippen molar-refractivity contribution in [2.45, 2.75) is 13.5 Å².